The highest BCUT2D eigenvalue weighted by Crippen LogP contribution is 2.22. The molecule has 0 aliphatic heterocycles. The van der Waals surface area contributed by atoms with E-state index >= 15 is 0 Å². The average molecular weight is 253 g/mol. The molecule has 0 bridgehead atoms. The van der Waals surface area contributed by atoms with E-state index in [1.165, 1.54) is 6.07 Å². The number of ether oxygens (including phenoxy) is 1. The summed E-state index contributed by atoms with van der Waals surface area (Å²) in [6.45, 7) is 6.92. The Kier molecular flexibility index (Phi) is 3.74. The lowest BCUT2D eigenvalue weighted by atomic mass is 10.1. The van der Waals surface area contributed by atoms with Gasteiger partial charge >= 0.3 is 5.97 Å². The third-order valence-corrected chi connectivity index (χ3v) is 2.17. The molecule has 0 radical (unpaired) electrons. The van der Waals surface area contributed by atoms with Gasteiger partial charge in [0, 0.05) is 0 Å². The van der Waals surface area contributed by atoms with Gasteiger partial charge in [-0.15, -0.1) is 0 Å². The number of aromatic nitrogens is 1. The maximum atomic E-state index is 11.9. The van der Waals surface area contributed by atoms with E-state index in [9.17, 15) is 4.79 Å². The van der Waals surface area contributed by atoms with Crippen molar-refractivity contribution in [2.24, 2.45) is 0 Å². The second kappa shape index (κ2) is 4.72. The highest BCUT2D eigenvalue weighted by Gasteiger charge is 2.22. The van der Waals surface area contributed by atoms with Gasteiger partial charge in [0.25, 0.3) is 0 Å². The molecule has 4 nitrogen and oxygen atoms in total. The minimum atomic E-state index is -0.596. The Hall–Kier alpha value is -1.60. The summed E-state index contributed by atoms with van der Waals surface area (Å²) in [4.78, 5) is 15.8. The first-order chi connectivity index (χ1) is 7.74. The fraction of sp³-hybridized carbons (Fsp3) is 0.417. The molecule has 0 atom stereocenters. The van der Waals surface area contributed by atoms with Crippen molar-refractivity contribution in [3.63, 3.8) is 0 Å². The Morgan fingerprint density at radius 1 is 1.53 bits per heavy atom. The van der Waals surface area contributed by atoms with E-state index in [-0.39, 0.29) is 16.3 Å². The predicted molar refractivity (Wildman–Crippen MR) is 63.9 cm³/mol. The summed E-state index contributed by atoms with van der Waals surface area (Å²) in [5.41, 5.74) is 0.185. The van der Waals surface area contributed by atoms with Gasteiger partial charge in [-0.1, -0.05) is 11.6 Å². The standard InChI is InChI=1S/C12H13ClN2O2/c1-7-10(11(16)17-12(2,3)4)9(13)5-8(6-14)15-7/h5H,1-4H3. The van der Waals surface area contributed by atoms with Crippen LogP contribution in [0.1, 0.15) is 42.5 Å². The molecule has 1 aromatic heterocycles. The van der Waals surface area contributed by atoms with Crippen LogP contribution in [-0.4, -0.2) is 16.6 Å². The lowest BCUT2D eigenvalue weighted by Gasteiger charge is -2.20. The van der Waals surface area contributed by atoms with E-state index in [0.717, 1.165) is 0 Å². The number of nitrogens with zero attached hydrogens (tertiary/aromatic N) is 2. The van der Waals surface area contributed by atoms with Crippen LogP contribution in [0.5, 0.6) is 0 Å². The second-order valence-corrected chi connectivity index (χ2v) is 4.97. The van der Waals surface area contributed by atoms with E-state index < -0.39 is 11.6 Å². The van der Waals surface area contributed by atoms with Gasteiger partial charge in [0.15, 0.2) is 0 Å². The van der Waals surface area contributed by atoms with Crippen molar-refractivity contribution in [3.8, 4) is 6.07 Å². The number of hydrogen-bond donors (Lipinski definition) is 0. The van der Waals surface area contributed by atoms with Gasteiger partial charge in [-0.2, -0.15) is 5.26 Å². The number of hydrogen-bond acceptors (Lipinski definition) is 4. The Labute approximate surface area is 105 Å². The number of rotatable bonds is 1. The summed E-state index contributed by atoms with van der Waals surface area (Å²) < 4.78 is 5.21. The largest absolute Gasteiger partial charge is 0.456 e. The van der Waals surface area contributed by atoms with E-state index in [2.05, 4.69) is 4.98 Å². The number of pyridine rings is 1. The highest BCUT2D eigenvalue weighted by atomic mass is 35.5. The van der Waals surface area contributed by atoms with Gasteiger partial charge < -0.3 is 4.74 Å². The molecule has 0 fully saturated rings. The van der Waals surface area contributed by atoms with Gasteiger partial charge in [0.1, 0.15) is 17.4 Å². The van der Waals surface area contributed by atoms with Crippen molar-refractivity contribution in [1.82, 2.24) is 4.98 Å². The summed E-state index contributed by atoms with van der Waals surface area (Å²) in [5.74, 6) is -0.531. The minimum absolute atomic E-state index is 0.180. The van der Waals surface area contributed by atoms with Crippen LogP contribution in [0.4, 0.5) is 0 Å². The van der Waals surface area contributed by atoms with Crippen molar-refractivity contribution in [3.05, 3.63) is 28.0 Å². The smallest absolute Gasteiger partial charge is 0.342 e. The average Bonchev–Trinajstić information content (AvgIpc) is 2.13. The van der Waals surface area contributed by atoms with Crippen LogP contribution in [0.15, 0.2) is 6.07 Å². The molecule has 0 saturated heterocycles. The number of nitriles is 1. The van der Waals surface area contributed by atoms with Crippen molar-refractivity contribution in [1.29, 1.82) is 5.26 Å². The first kappa shape index (κ1) is 13.5. The molecule has 5 heteroatoms. The molecule has 0 aliphatic carbocycles. The second-order valence-electron chi connectivity index (χ2n) is 4.56. The van der Waals surface area contributed by atoms with E-state index in [0.29, 0.717) is 5.69 Å². The normalized spacial score (nSPS) is 10.8. The first-order valence-corrected chi connectivity index (χ1v) is 5.43. The van der Waals surface area contributed by atoms with Crippen LogP contribution in [-0.2, 0) is 4.74 Å². The van der Waals surface area contributed by atoms with E-state index in [1.54, 1.807) is 27.7 Å². The highest BCUT2D eigenvalue weighted by molar-refractivity contribution is 6.33. The molecule has 0 spiro atoms. The maximum Gasteiger partial charge on any atom is 0.342 e. The van der Waals surface area contributed by atoms with Gasteiger partial charge in [-0.25, -0.2) is 9.78 Å². The van der Waals surface area contributed by atoms with Crippen LogP contribution >= 0.6 is 11.6 Å². The monoisotopic (exact) mass is 252 g/mol. The fourth-order valence-corrected chi connectivity index (χ4v) is 1.58. The molecule has 1 rings (SSSR count). The SMILES string of the molecule is Cc1nc(C#N)cc(Cl)c1C(=O)OC(C)(C)C. The van der Waals surface area contributed by atoms with Gasteiger partial charge in [0.2, 0.25) is 0 Å². The Morgan fingerprint density at radius 3 is 2.53 bits per heavy atom. The molecule has 1 aromatic rings. The number of carbonyl (C=O) groups is 1. The van der Waals surface area contributed by atoms with Gasteiger partial charge in [-0.05, 0) is 33.8 Å². The summed E-state index contributed by atoms with van der Waals surface area (Å²) in [5, 5.41) is 8.90. The van der Waals surface area contributed by atoms with E-state index in [1.807, 2.05) is 6.07 Å². The topological polar surface area (TPSA) is 63.0 Å². The summed E-state index contributed by atoms with van der Waals surface area (Å²) in [7, 11) is 0. The van der Waals surface area contributed by atoms with Crippen LogP contribution in [0.2, 0.25) is 5.02 Å². The zero-order valence-electron chi connectivity index (χ0n) is 10.2. The summed E-state index contributed by atoms with van der Waals surface area (Å²) in [6, 6.07) is 3.23. The predicted octanol–water partition coefficient (Wildman–Crippen LogP) is 2.87. The molecule has 0 amide bonds. The van der Waals surface area contributed by atoms with Crippen molar-refractivity contribution in [2.45, 2.75) is 33.3 Å². The summed E-state index contributed by atoms with van der Waals surface area (Å²) in [6.07, 6.45) is 0. The minimum Gasteiger partial charge on any atom is -0.456 e. The van der Waals surface area contributed by atoms with Crippen LogP contribution < -0.4 is 0 Å². The maximum absolute atomic E-state index is 11.9. The Balaban J connectivity index is 3.16. The molecule has 0 unspecified atom stereocenters. The molecule has 0 aliphatic rings. The third-order valence-electron chi connectivity index (χ3n) is 1.87. The first-order valence-electron chi connectivity index (χ1n) is 5.05. The molecular formula is C12H13ClN2O2. The van der Waals surface area contributed by atoms with Crippen molar-refractivity contribution >= 4 is 17.6 Å². The lowest BCUT2D eigenvalue weighted by Crippen LogP contribution is -2.24. The Bertz CT molecular complexity index is 475. The van der Waals surface area contributed by atoms with Crippen molar-refractivity contribution < 1.29 is 9.53 Å². The van der Waals surface area contributed by atoms with Gasteiger partial charge in [0.05, 0.1) is 16.3 Å². The number of carbonyl (C=O) groups excluding carboxylic acids is 1. The third kappa shape index (κ3) is 3.43. The zero-order chi connectivity index (χ0) is 13.2. The Morgan fingerprint density at radius 2 is 2.12 bits per heavy atom. The number of esters is 1. The summed E-state index contributed by atoms with van der Waals surface area (Å²) >= 11 is 5.95. The molecule has 0 N–H and O–H groups in total. The number of aryl methyl sites for hydroxylation is 1. The zero-order valence-corrected chi connectivity index (χ0v) is 10.9. The molecular weight excluding hydrogens is 240 g/mol. The molecule has 90 valence electrons. The van der Waals surface area contributed by atoms with Crippen molar-refractivity contribution in [2.75, 3.05) is 0 Å². The van der Waals surface area contributed by atoms with E-state index in [4.69, 9.17) is 21.6 Å². The van der Waals surface area contributed by atoms with Crippen LogP contribution in [0.25, 0.3) is 0 Å². The van der Waals surface area contributed by atoms with Crippen LogP contribution in [0.3, 0.4) is 0 Å². The fourth-order valence-electron chi connectivity index (χ4n) is 1.27. The molecule has 17 heavy (non-hydrogen) atoms. The molecule has 0 saturated carbocycles. The van der Waals surface area contributed by atoms with Gasteiger partial charge in [-0.3, -0.25) is 0 Å². The molecule has 0 aromatic carbocycles. The lowest BCUT2D eigenvalue weighted by molar-refractivity contribution is 0.00685. The number of halogens is 1. The quantitative estimate of drug-likeness (QED) is 0.721. The van der Waals surface area contributed by atoms with Crippen LogP contribution in [0, 0.1) is 18.3 Å². The molecule has 1 heterocycles.